The molecule has 34 heavy (non-hydrogen) atoms. The van der Waals surface area contributed by atoms with Crippen LogP contribution < -0.4 is 5.32 Å². The maximum atomic E-state index is 13.5. The number of rotatable bonds is 4. The van der Waals surface area contributed by atoms with Crippen LogP contribution in [0, 0.1) is 5.41 Å². The minimum Gasteiger partial charge on any atom is -0.465 e. The molecule has 3 aliphatic heterocycles. The maximum absolute atomic E-state index is 13.5. The average Bonchev–Trinajstić information content (AvgIpc) is 3.35. The third-order valence-electron chi connectivity index (χ3n) is 7.89. The number of hydrogen-bond donors (Lipinski definition) is 2. The zero-order valence-corrected chi connectivity index (χ0v) is 20.4. The third kappa shape index (κ3) is 4.05. The predicted octanol–water partition coefficient (Wildman–Crippen LogP) is 3.93. The Hall–Kier alpha value is -2.65. The molecule has 0 aliphatic carbocycles. The summed E-state index contributed by atoms with van der Waals surface area (Å²) in [5.74, 6) is 0.217. The molecule has 0 bridgehead atoms. The van der Waals surface area contributed by atoms with Crippen LogP contribution >= 0.6 is 11.3 Å². The van der Waals surface area contributed by atoms with E-state index in [0.717, 1.165) is 68.4 Å². The van der Waals surface area contributed by atoms with Crippen molar-refractivity contribution in [3.05, 3.63) is 29.8 Å². The van der Waals surface area contributed by atoms with Gasteiger partial charge in [0.25, 0.3) is 5.91 Å². The van der Waals surface area contributed by atoms with E-state index in [0.29, 0.717) is 35.6 Å². The van der Waals surface area contributed by atoms with Gasteiger partial charge in [-0.2, -0.15) is 0 Å². The number of carbonyl (C=O) groups is 3. The first-order valence-electron chi connectivity index (χ1n) is 12.3. The number of piperidine rings is 2. The Balaban J connectivity index is 1.28. The molecule has 4 heterocycles. The van der Waals surface area contributed by atoms with Crippen molar-refractivity contribution in [2.45, 2.75) is 45.1 Å². The van der Waals surface area contributed by atoms with Gasteiger partial charge in [0.05, 0.1) is 11.0 Å². The molecular formula is C25H32N4O4S. The van der Waals surface area contributed by atoms with Crippen molar-refractivity contribution in [1.29, 1.82) is 0 Å². The number of likely N-dealkylation sites (tertiary alicyclic amines) is 3. The highest BCUT2D eigenvalue weighted by molar-refractivity contribution is 7.23. The van der Waals surface area contributed by atoms with Crippen LogP contribution in [0.3, 0.4) is 0 Å². The fourth-order valence-electron chi connectivity index (χ4n) is 6.09. The normalized spacial score (nSPS) is 24.3. The van der Waals surface area contributed by atoms with Crippen LogP contribution in [-0.2, 0) is 4.79 Å². The van der Waals surface area contributed by atoms with E-state index >= 15 is 0 Å². The fraction of sp³-hybridized carbons (Fsp3) is 0.560. The highest BCUT2D eigenvalue weighted by Crippen LogP contribution is 2.42. The summed E-state index contributed by atoms with van der Waals surface area (Å²) in [7, 11) is 0. The monoisotopic (exact) mass is 484 g/mol. The Morgan fingerprint density at radius 3 is 2.62 bits per heavy atom. The summed E-state index contributed by atoms with van der Waals surface area (Å²) in [5, 5.41) is 12.9. The first-order chi connectivity index (χ1) is 16.4. The van der Waals surface area contributed by atoms with Crippen LogP contribution in [0.25, 0.3) is 10.1 Å². The Morgan fingerprint density at radius 2 is 1.91 bits per heavy atom. The van der Waals surface area contributed by atoms with Crippen LogP contribution in [0.4, 0.5) is 9.80 Å². The number of fused-ring (bicyclic) bond motifs is 1. The Labute approximate surface area is 203 Å². The minimum absolute atomic E-state index is 0.112. The molecule has 1 aromatic carbocycles. The number of hydrogen-bond acceptors (Lipinski definition) is 5. The number of nitrogens with zero attached hydrogens (tertiary/aromatic N) is 3. The van der Waals surface area contributed by atoms with E-state index in [2.05, 4.69) is 17.1 Å². The van der Waals surface area contributed by atoms with E-state index in [9.17, 15) is 19.5 Å². The molecule has 2 N–H and O–H groups in total. The van der Waals surface area contributed by atoms with Crippen LogP contribution in [0.1, 0.15) is 49.4 Å². The zero-order valence-electron chi connectivity index (χ0n) is 19.6. The molecule has 0 radical (unpaired) electrons. The van der Waals surface area contributed by atoms with E-state index in [4.69, 9.17) is 0 Å². The van der Waals surface area contributed by atoms with Crippen LogP contribution in [0.15, 0.2) is 24.3 Å². The van der Waals surface area contributed by atoms with Crippen LogP contribution in [-0.4, -0.2) is 83.0 Å². The molecule has 1 aromatic heterocycles. The van der Waals surface area contributed by atoms with Crippen molar-refractivity contribution in [3.8, 4) is 0 Å². The summed E-state index contributed by atoms with van der Waals surface area (Å²) in [6.07, 6.45) is 3.57. The quantitative estimate of drug-likeness (QED) is 0.686. The molecule has 0 saturated carbocycles. The number of anilines is 1. The standard InChI is InChI=1S/C25H32N4O4S/c1-2-27-15-11-25(23(27)31)10-5-12-29(16-25)17-8-13-28(14-9-17)22(30)20-18-6-3-4-7-19(18)34-21(20)26-24(32)33/h3-4,6-7,17,26H,2,5,8-16H2,1H3,(H,32,33). The number of nitrogens with one attached hydrogen (secondary N) is 1. The molecule has 2 aromatic rings. The molecule has 5 rings (SSSR count). The van der Waals surface area contributed by atoms with Crippen LogP contribution in [0.2, 0.25) is 0 Å². The van der Waals surface area contributed by atoms with Gasteiger partial charge in [-0.1, -0.05) is 18.2 Å². The van der Waals surface area contributed by atoms with Gasteiger partial charge in [-0.3, -0.25) is 19.8 Å². The summed E-state index contributed by atoms with van der Waals surface area (Å²) in [4.78, 5) is 44.2. The Bertz CT molecular complexity index is 1110. The summed E-state index contributed by atoms with van der Waals surface area (Å²) >= 11 is 1.30. The van der Waals surface area contributed by atoms with Gasteiger partial charge in [0.15, 0.2) is 0 Å². The van der Waals surface area contributed by atoms with Gasteiger partial charge in [-0.05, 0) is 51.6 Å². The third-order valence-corrected chi connectivity index (χ3v) is 8.97. The van der Waals surface area contributed by atoms with Crippen molar-refractivity contribution >= 4 is 44.3 Å². The second-order valence-corrected chi connectivity index (χ2v) is 10.8. The molecule has 1 unspecified atom stereocenters. The van der Waals surface area contributed by atoms with Crippen molar-refractivity contribution in [3.63, 3.8) is 0 Å². The lowest BCUT2D eigenvalue weighted by atomic mass is 9.77. The first-order valence-corrected chi connectivity index (χ1v) is 13.1. The Kier molecular flexibility index (Phi) is 6.24. The number of benzene rings is 1. The van der Waals surface area contributed by atoms with Gasteiger partial charge in [0.1, 0.15) is 5.00 Å². The van der Waals surface area contributed by atoms with E-state index in [1.807, 2.05) is 34.1 Å². The molecule has 3 fully saturated rings. The molecule has 9 heteroatoms. The summed E-state index contributed by atoms with van der Waals surface area (Å²) in [6.45, 7) is 6.84. The van der Waals surface area contributed by atoms with E-state index < -0.39 is 6.09 Å². The zero-order chi connectivity index (χ0) is 23.9. The largest absolute Gasteiger partial charge is 0.465 e. The molecule has 1 atom stereocenters. The van der Waals surface area contributed by atoms with E-state index in [1.165, 1.54) is 11.3 Å². The topological polar surface area (TPSA) is 93.2 Å². The van der Waals surface area contributed by atoms with Gasteiger partial charge in [-0.15, -0.1) is 11.3 Å². The van der Waals surface area contributed by atoms with E-state index in [1.54, 1.807) is 0 Å². The van der Waals surface area contributed by atoms with Gasteiger partial charge in [-0.25, -0.2) is 4.79 Å². The smallest absolute Gasteiger partial charge is 0.409 e. The lowest BCUT2D eigenvalue weighted by Crippen LogP contribution is -2.54. The maximum Gasteiger partial charge on any atom is 0.409 e. The second-order valence-electron chi connectivity index (χ2n) is 9.75. The van der Waals surface area contributed by atoms with Crippen molar-refractivity contribution in [2.75, 3.05) is 44.6 Å². The lowest BCUT2D eigenvalue weighted by molar-refractivity contribution is -0.139. The highest BCUT2D eigenvalue weighted by Gasteiger charge is 2.49. The van der Waals surface area contributed by atoms with Crippen LogP contribution in [0.5, 0.6) is 0 Å². The van der Waals surface area contributed by atoms with Crippen molar-refractivity contribution in [1.82, 2.24) is 14.7 Å². The molecule has 3 amide bonds. The predicted molar refractivity (Wildman–Crippen MR) is 133 cm³/mol. The summed E-state index contributed by atoms with van der Waals surface area (Å²) < 4.78 is 0.894. The van der Waals surface area contributed by atoms with Gasteiger partial charge < -0.3 is 14.9 Å². The van der Waals surface area contributed by atoms with Crippen molar-refractivity contribution < 1.29 is 19.5 Å². The lowest BCUT2D eigenvalue weighted by Gasteiger charge is -2.45. The molecular weight excluding hydrogens is 452 g/mol. The van der Waals surface area contributed by atoms with E-state index in [-0.39, 0.29) is 11.3 Å². The molecule has 8 nitrogen and oxygen atoms in total. The number of thiophene rings is 1. The van der Waals surface area contributed by atoms with Gasteiger partial charge in [0, 0.05) is 48.9 Å². The molecule has 3 aliphatic rings. The summed E-state index contributed by atoms with van der Waals surface area (Å²) in [6, 6.07) is 7.93. The number of amides is 3. The van der Waals surface area contributed by atoms with Gasteiger partial charge >= 0.3 is 6.09 Å². The highest BCUT2D eigenvalue weighted by atomic mass is 32.1. The number of carbonyl (C=O) groups excluding carboxylic acids is 2. The molecule has 1 spiro atoms. The minimum atomic E-state index is -1.17. The molecule has 3 saturated heterocycles. The van der Waals surface area contributed by atoms with Gasteiger partial charge in [0.2, 0.25) is 5.91 Å². The fourth-order valence-corrected chi connectivity index (χ4v) is 7.17. The Morgan fingerprint density at radius 1 is 1.15 bits per heavy atom. The summed E-state index contributed by atoms with van der Waals surface area (Å²) in [5.41, 5.74) is 0.239. The number of carboxylic acid groups (broad SMARTS) is 1. The second kappa shape index (κ2) is 9.19. The molecule has 182 valence electrons. The van der Waals surface area contributed by atoms with Crippen molar-refractivity contribution in [2.24, 2.45) is 5.41 Å². The first kappa shape index (κ1) is 23.1. The average molecular weight is 485 g/mol. The SMILES string of the molecule is CCN1CCC2(CCCN(C3CCN(C(=O)c4c(NC(=O)O)sc5ccccc45)CC3)C2)C1=O.